The fourth-order valence-corrected chi connectivity index (χ4v) is 2.44. The Bertz CT molecular complexity index is 459. The summed E-state index contributed by atoms with van der Waals surface area (Å²) in [6.45, 7) is 3.85. The molecule has 1 heterocycles. The number of carbonyl (C=O) groups is 1. The molecule has 1 amide bonds. The lowest BCUT2D eigenvalue weighted by Gasteiger charge is -2.30. The third kappa shape index (κ3) is 3.80. The molecule has 1 aliphatic heterocycles. The Hall–Kier alpha value is -1.91. The average Bonchev–Trinajstić information content (AvgIpc) is 2.52. The average molecular weight is 293 g/mol. The van der Waals surface area contributed by atoms with Crippen LogP contribution in [0.15, 0.2) is 18.2 Å². The normalized spacial score (nSPS) is 15.7. The first-order chi connectivity index (χ1) is 10.2. The summed E-state index contributed by atoms with van der Waals surface area (Å²) < 4.78 is 16.2. The van der Waals surface area contributed by atoms with E-state index in [-0.39, 0.29) is 12.5 Å². The van der Waals surface area contributed by atoms with Crippen molar-refractivity contribution in [3.8, 4) is 17.2 Å². The molecule has 0 bridgehead atoms. The molecule has 2 rings (SSSR count). The highest BCUT2D eigenvalue weighted by Crippen LogP contribution is 2.36. The number of hydrogen-bond acceptors (Lipinski definition) is 4. The maximum absolute atomic E-state index is 12.2. The van der Waals surface area contributed by atoms with Gasteiger partial charge in [-0.3, -0.25) is 4.79 Å². The van der Waals surface area contributed by atoms with Gasteiger partial charge in [0.1, 0.15) is 0 Å². The van der Waals surface area contributed by atoms with Crippen molar-refractivity contribution in [2.75, 3.05) is 33.9 Å². The SMILES string of the molecule is COc1cccc(OC)c1OCC(=O)N1CCC(C)CC1. The van der Waals surface area contributed by atoms with Crippen LogP contribution in [-0.2, 0) is 4.79 Å². The molecular weight excluding hydrogens is 270 g/mol. The summed E-state index contributed by atoms with van der Waals surface area (Å²) in [4.78, 5) is 14.1. The first-order valence-corrected chi connectivity index (χ1v) is 7.27. The van der Waals surface area contributed by atoms with Gasteiger partial charge in [-0.25, -0.2) is 0 Å². The largest absolute Gasteiger partial charge is 0.493 e. The highest BCUT2D eigenvalue weighted by molar-refractivity contribution is 5.78. The lowest BCUT2D eigenvalue weighted by molar-refractivity contribution is -0.134. The molecule has 21 heavy (non-hydrogen) atoms. The number of piperidine rings is 1. The highest BCUT2D eigenvalue weighted by atomic mass is 16.5. The van der Waals surface area contributed by atoms with Crippen LogP contribution in [0.2, 0.25) is 0 Å². The van der Waals surface area contributed by atoms with Gasteiger partial charge in [0.05, 0.1) is 14.2 Å². The van der Waals surface area contributed by atoms with Crippen molar-refractivity contribution >= 4 is 5.91 Å². The molecule has 0 aromatic heterocycles. The molecule has 1 fully saturated rings. The van der Waals surface area contributed by atoms with Gasteiger partial charge < -0.3 is 19.1 Å². The molecule has 0 aliphatic carbocycles. The predicted molar refractivity (Wildman–Crippen MR) is 80.0 cm³/mol. The molecule has 5 nitrogen and oxygen atoms in total. The van der Waals surface area contributed by atoms with Gasteiger partial charge >= 0.3 is 0 Å². The highest BCUT2D eigenvalue weighted by Gasteiger charge is 2.21. The summed E-state index contributed by atoms with van der Waals surface area (Å²) in [5.74, 6) is 2.31. The van der Waals surface area contributed by atoms with Crippen molar-refractivity contribution in [3.05, 3.63) is 18.2 Å². The summed E-state index contributed by atoms with van der Waals surface area (Å²) in [7, 11) is 3.13. The van der Waals surface area contributed by atoms with Crippen LogP contribution in [0.1, 0.15) is 19.8 Å². The summed E-state index contributed by atoms with van der Waals surface area (Å²) in [5, 5.41) is 0. The molecule has 116 valence electrons. The van der Waals surface area contributed by atoms with Gasteiger partial charge in [0.2, 0.25) is 5.75 Å². The van der Waals surface area contributed by atoms with E-state index in [0.717, 1.165) is 25.9 Å². The standard InChI is InChI=1S/C16H23NO4/c1-12-7-9-17(10-8-12)15(18)11-21-16-13(19-2)5-4-6-14(16)20-3/h4-6,12H,7-11H2,1-3H3. The van der Waals surface area contributed by atoms with Crippen LogP contribution in [0, 0.1) is 5.92 Å². The van der Waals surface area contributed by atoms with Gasteiger partial charge in [-0.05, 0) is 30.9 Å². The van der Waals surface area contributed by atoms with Crippen LogP contribution < -0.4 is 14.2 Å². The van der Waals surface area contributed by atoms with Crippen LogP contribution in [0.4, 0.5) is 0 Å². The fourth-order valence-electron chi connectivity index (χ4n) is 2.44. The number of amides is 1. The number of rotatable bonds is 5. The third-order valence-electron chi connectivity index (χ3n) is 3.86. The van der Waals surface area contributed by atoms with E-state index in [1.807, 2.05) is 11.0 Å². The molecule has 5 heteroatoms. The summed E-state index contributed by atoms with van der Waals surface area (Å²) in [6, 6.07) is 5.38. The van der Waals surface area contributed by atoms with Gasteiger partial charge in [0, 0.05) is 13.1 Å². The molecule has 0 saturated carbocycles. The topological polar surface area (TPSA) is 48.0 Å². The van der Waals surface area contributed by atoms with Crippen molar-refractivity contribution < 1.29 is 19.0 Å². The Morgan fingerprint density at radius 3 is 2.29 bits per heavy atom. The first-order valence-electron chi connectivity index (χ1n) is 7.27. The maximum atomic E-state index is 12.2. The van der Waals surface area contributed by atoms with Crippen LogP contribution in [0.25, 0.3) is 0 Å². The third-order valence-corrected chi connectivity index (χ3v) is 3.86. The Balaban J connectivity index is 1.98. The number of carbonyl (C=O) groups excluding carboxylic acids is 1. The molecule has 0 spiro atoms. The van der Waals surface area contributed by atoms with Gasteiger partial charge in [0.25, 0.3) is 5.91 Å². The maximum Gasteiger partial charge on any atom is 0.260 e. The van der Waals surface area contributed by atoms with Crippen molar-refractivity contribution in [1.82, 2.24) is 4.90 Å². The summed E-state index contributed by atoms with van der Waals surface area (Å²) in [6.07, 6.45) is 2.12. The monoisotopic (exact) mass is 293 g/mol. The van der Waals surface area contributed by atoms with E-state index in [4.69, 9.17) is 14.2 Å². The molecule has 0 unspecified atom stereocenters. The zero-order valence-electron chi connectivity index (χ0n) is 12.9. The molecule has 0 atom stereocenters. The molecule has 0 radical (unpaired) electrons. The van der Waals surface area contributed by atoms with Crippen molar-refractivity contribution in [2.24, 2.45) is 5.92 Å². The zero-order valence-corrected chi connectivity index (χ0v) is 12.9. The minimum atomic E-state index is 0.00507. The van der Waals surface area contributed by atoms with Crippen molar-refractivity contribution in [1.29, 1.82) is 0 Å². The lowest BCUT2D eigenvalue weighted by atomic mass is 9.99. The van der Waals surface area contributed by atoms with Gasteiger partial charge in [0.15, 0.2) is 18.1 Å². The second-order valence-electron chi connectivity index (χ2n) is 5.34. The van der Waals surface area contributed by atoms with Crippen LogP contribution >= 0.6 is 0 Å². The Kier molecular flexibility index (Phi) is 5.31. The molecule has 1 aromatic rings. The summed E-state index contributed by atoms with van der Waals surface area (Å²) in [5.41, 5.74) is 0. The molecule has 1 saturated heterocycles. The van der Waals surface area contributed by atoms with E-state index in [1.165, 1.54) is 0 Å². The fraction of sp³-hybridized carbons (Fsp3) is 0.562. The van der Waals surface area contributed by atoms with E-state index < -0.39 is 0 Å². The minimum Gasteiger partial charge on any atom is -0.493 e. The number of methoxy groups -OCH3 is 2. The quantitative estimate of drug-likeness (QED) is 0.836. The van der Waals surface area contributed by atoms with Gasteiger partial charge in [-0.2, -0.15) is 0 Å². The molecule has 0 N–H and O–H groups in total. The first kappa shape index (κ1) is 15.5. The van der Waals surface area contributed by atoms with Gasteiger partial charge in [-0.15, -0.1) is 0 Å². The minimum absolute atomic E-state index is 0.00507. The summed E-state index contributed by atoms with van der Waals surface area (Å²) >= 11 is 0. The van der Waals surface area contributed by atoms with E-state index in [2.05, 4.69) is 6.92 Å². The van der Waals surface area contributed by atoms with E-state index in [9.17, 15) is 4.79 Å². The Morgan fingerprint density at radius 1 is 1.19 bits per heavy atom. The predicted octanol–water partition coefficient (Wildman–Crippen LogP) is 2.34. The number of nitrogens with zero attached hydrogens (tertiary/aromatic N) is 1. The molecule has 1 aliphatic rings. The van der Waals surface area contributed by atoms with Crippen LogP contribution in [0.5, 0.6) is 17.2 Å². The number of ether oxygens (including phenoxy) is 3. The van der Waals surface area contributed by atoms with Gasteiger partial charge in [-0.1, -0.05) is 13.0 Å². The number of likely N-dealkylation sites (tertiary alicyclic amines) is 1. The van der Waals surface area contributed by atoms with Crippen LogP contribution in [-0.4, -0.2) is 44.7 Å². The van der Waals surface area contributed by atoms with E-state index >= 15 is 0 Å². The lowest BCUT2D eigenvalue weighted by Crippen LogP contribution is -2.40. The smallest absolute Gasteiger partial charge is 0.260 e. The van der Waals surface area contributed by atoms with Crippen LogP contribution in [0.3, 0.4) is 0 Å². The zero-order chi connectivity index (χ0) is 15.2. The Morgan fingerprint density at radius 2 is 1.76 bits per heavy atom. The van der Waals surface area contributed by atoms with Crippen molar-refractivity contribution in [2.45, 2.75) is 19.8 Å². The van der Waals surface area contributed by atoms with E-state index in [0.29, 0.717) is 23.2 Å². The second-order valence-corrected chi connectivity index (χ2v) is 5.34. The van der Waals surface area contributed by atoms with Crippen molar-refractivity contribution in [3.63, 3.8) is 0 Å². The second kappa shape index (κ2) is 7.20. The number of hydrogen-bond donors (Lipinski definition) is 0. The number of benzene rings is 1. The van der Waals surface area contributed by atoms with E-state index in [1.54, 1.807) is 26.4 Å². The Labute approximate surface area is 125 Å². The molecular formula is C16H23NO4. The number of para-hydroxylation sites is 1. The molecule has 1 aromatic carbocycles.